The summed E-state index contributed by atoms with van der Waals surface area (Å²) in [5.74, 6) is -1.19. The fraction of sp³-hybridized carbons (Fsp3) is 0.174. The van der Waals surface area contributed by atoms with Crippen molar-refractivity contribution in [3.8, 4) is 0 Å². The molecule has 4 aromatic rings. The van der Waals surface area contributed by atoms with Crippen molar-refractivity contribution in [1.82, 2.24) is 14.5 Å². The van der Waals surface area contributed by atoms with Crippen molar-refractivity contribution in [2.45, 2.75) is 17.9 Å². The van der Waals surface area contributed by atoms with E-state index in [0.717, 1.165) is 9.65 Å². The van der Waals surface area contributed by atoms with Gasteiger partial charge in [-0.25, -0.2) is 9.18 Å². The van der Waals surface area contributed by atoms with Crippen molar-refractivity contribution in [2.24, 2.45) is 0 Å². The van der Waals surface area contributed by atoms with Crippen LogP contribution < -0.4 is 15.8 Å². The molecule has 1 aliphatic rings. The van der Waals surface area contributed by atoms with Crippen LogP contribution in [0.3, 0.4) is 0 Å². The molecular weight excluding hydrogens is 463 g/mol. The smallest absolute Gasteiger partial charge is 0.336 e. The van der Waals surface area contributed by atoms with Crippen molar-refractivity contribution in [3.63, 3.8) is 0 Å². The number of halogens is 1. The zero-order valence-electron chi connectivity index (χ0n) is 18.0. The molecule has 0 aliphatic carbocycles. The summed E-state index contributed by atoms with van der Waals surface area (Å²) in [5.41, 5.74) is 1.26. The fourth-order valence-electron chi connectivity index (χ4n) is 4.02. The Morgan fingerprint density at radius 3 is 2.71 bits per heavy atom. The Balaban J connectivity index is 1.50. The van der Waals surface area contributed by atoms with Crippen molar-refractivity contribution in [1.29, 1.82) is 0 Å². The first-order valence-electron chi connectivity index (χ1n) is 10.4. The van der Waals surface area contributed by atoms with Crippen LogP contribution in [0, 0.1) is 5.82 Å². The second-order valence-electron chi connectivity index (χ2n) is 7.83. The summed E-state index contributed by atoms with van der Waals surface area (Å²) in [7, 11) is -2.66. The van der Waals surface area contributed by atoms with Crippen LogP contribution in [-0.2, 0) is 23.0 Å². The molecule has 0 saturated heterocycles. The highest BCUT2D eigenvalue weighted by molar-refractivity contribution is 7.89. The van der Waals surface area contributed by atoms with Gasteiger partial charge in [0.2, 0.25) is 0 Å². The molecular formula is C23H19FN4O5S. The minimum absolute atomic E-state index is 0.0699. The molecule has 2 aromatic carbocycles. The first-order valence-corrected chi connectivity index (χ1v) is 11.8. The van der Waals surface area contributed by atoms with E-state index in [1.165, 1.54) is 43.6 Å². The predicted molar refractivity (Wildman–Crippen MR) is 122 cm³/mol. The SMILES string of the molecule is CNC(=O)c1ccc(N2CCc3cnn(S(=O)(=O)c4ccc5ccc(=O)oc5c4)c3C2)cc1F. The third-order valence-corrected chi connectivity index (χ3v) is 7.44. The van der Waals surface area contributed by atoms with Crippen LogP contribution in [0.5, 0.6) is 0 Å². The lowest BCUT2D eigenvalue weighted by molar-refractivity contribution is 0.0959. The number of hydrogen-bond donors (Lipinski definition) is 1. The summed E-state index contributed by atoms with van der Waals surface area (Å²) >= 11 is 0. The van der Waals surface area contributed by atoms with E-state index >= 15 is 0 Å². The molecule has 0 atom stereocenters. The van der Waals surface area contributed by atoms with Gasteiger partial charge in [0.05, 0.1) is 28.9 Å². The number of anilines is 1. The second-order valence-corrected chi connectivity index (χ2v) is 9.60. The molecule has 1 amide bonds. The first-order chi connectivity index (χ1) is 16.3. The van der Waals surface area contributed by atoms with Gasteiger partial charge in [-0.3, -0.25) is 4.79 Å². The van der Waals surface area contributed by atoms with Crippen LogP contribution in [0.1, 0.15) is 21.6 Å². The average molecular weight is 482 g/mol. The largest absolute Gasteiger partial charge is 0.423 e. The molecule has 0 unspecified atom stereocenters. The number of fused-ring (bicyclic) bond motifs is 2. The highest BCUT2D eigenvalue weighted by Gasteiger charge is 2.28. The zero-order valence-corrected chi connectivity index (χ0v) is 18.8. The van der Waals surface area contributed by atoms with Gasteiger partial charge in [0.1, 0.15) is 11.4 Å². The maximum Gasteiger partial charge on any atom is 0.336 e. The second kappa shape index (κ2) is 8.10. The van der Waals surface area contributed by atoms with Gasteiger partial charge in [0.15, 0.2) is 0 Å². The van der Waals surface area contributed by atoms with Crippen LogP contribution in [0.2, 0.25) is 0 Å². The van der Waals surface area contributed by atoms with E-state index in [9.17, 15) is 22.4 Å². The van der Waals surface area contributed by atoms with E-state index in [4.69, 9.17) is 4.42 Å². The summed E-state index contributed by atoms with van der Waals surface area (Å²) in [4.78, 5) is 25.1. The molecule has 3 heterocycles. The quantitative estimate of drug-likeness (QED) is 0.444. The average Bonchev–Trinajstić information content (AvgIpc) is 3.27. The van der Waals surface area contributed by atoms with E-state index in [2.05, 4.69) is 10.4 Å². The van der Waals surface area contributed by atoms with E-state index < -0.39 is 27.4 Å². The molecule has 174 valence electrons. The number of hydrogen-bond acceptors (Lipinski definition) is 7. The highest BCUT2D eigenvalue weighted by Crippen LogP contribution is 2.28. The number of benzene rings is 2. The molecule has 0 radical (unpaired) electrons. The summed E-state index contributed by atoms with van der Waals surface area (Å²) in [6, 6.07) is 11.4. The summed E-state index contributed by atoms with van der Waals surface area (Å²) < 4.78 is 47.4. The molecule has 0 bridgehead atoms. The van der Waals surface area contributed by atoms with Crippen molar-refractivity contribution in [2.75, 3.05) is 18.5 Å². The lowest BCUT2D eigenvalue weighted by Gasteiger charge is -2.29. The van der Waals surface area contributed by atoms with Gasteiger partial charge in [-0.2, -0.15) is 17.6 Å². The number of aromatic nitrogens is 2. The van der Waals surface area contributed by atoms with E-state index in [1.807, 2.05) is 4.90 Å². The van der Waals surface area contributed by atoms with Crippen LogP contribution in [0.4, 0.5) is 10.1 Å². The van der Waals surface area contributed by atoms with Crippen molar-refractivity contribution in [3.05, 3.63) is 87.8 Å². The van der Waals surface area contributed by atoms with Crippen LogP contribution in [0.15, 0.2) is 68.8 Å². The van der Waals surface area contributed by atoms with Crippen molar-refractivity contribution < 1.29 is 22.0 Å². The third kappa shape index (κ3) is 3.63. The van der Waals surface area contributed by atoms with Crippen molar-refractivity contribution >= 4 is 32.6 Å². The molecule has 34 heavy (non-hydrogen) atoms. The van der Waals surface area contributed by atoms with Crippen LogP contribution in [0.25, 0.3) is 11.0 Å². The summed E-state index contributed by atoms with van der Waals surface area (Å²) in [6.07, 6.45) is 2.02. The zero-order chi connectivity index (χ0) is 24.0. The Hall–Kier alpha value is -3.99. The Labute approximate surface area is 193 Å². The molecule has 9 nitrogen and oxygen atoms in total. The molecule has 1 N–H and O–H groups in total. The van der Waals surface area contributed by atoms with Gasteiger partial charge in [-0.1, -0.05) is 0 Å². The van der Waals surface area contributed by atoms with Gasteiger partial charge in [0, 0.05) is 36.8 Å². The molecule has 5 rings (SSSR count). The predicted octanol–water partition coefficient (Wildman–Crippen LogP) is 2.29. The summed E-state index contributed by atoms with van der Waals surface area (Å²) in [6.45, 7) is 0.703. The Bertz CT molecular complexity index is 1610. The minimum Gasteiger partial charge on any atom is -0.423 e. The van der Waals surface area contributed by atoms with Gasteiger partial charge in [0.25, 0.3) is 15.9 Å². The lowest BCUT2D eigenvalue weighted by Crippen LogP contribution is -2.33. The van der Waals surface area contributed by atoms with E-state index in [-0.39, 0.29) is 22.6 Å². The van der Waals surface area contributed by atoms with E-state index in [0.29, 0.717) is 29.7 Å². The molecule has 1 aliphatic heterocycles. The molecule has 0 saturated carbocycles. The monoisotopic (exact) mass is 482 g/mol. The number of carbonyl (C=O) groups excluding carboxylic acids is 1. The normalized spacial score (nSPS) is 13.6. The molecule has 0 fully saturated rings. The number of amides is 1. The van der Waals surface area contributed by atoms with Gasteiger partial charge in [-0.15, -0.1) is 0 Å². The minimum atomic E-state index is -4.09. The highest BCUT2D eigenvalue weighted by atomic mass is 32.2. The molecule has 0 spiro atoms. The van der Waals surface area contributed by atoms with Gasteiger partial charge < -0.3 is 14.6 Å². The molecule has 11 heteroatoms. The molecule has 2 aromatic heterocycles. The first kappa shape index (κ1) is 21.8. The summed E-state index contributed by atoms with van der Waals surface area (Å²) in [5, 5.41) is 7.10. The number of rotatable bonds is 4. The topological polar surface area (TPSA) is 115 Å². The Morgan fingerprint density at radius 2 is 1.94 bits per heavy atom. The number of carbonyl (C=O) groups is 1. The number of nitrogens with one attached hydrogen (secondary N) is 1. The van der Waals surface area contributed by atoms with Crippen LogP contribution >= 0.6 is 0 Å². The van der Waals surface area contributed by atoms with Gasteiger partial charge in [-0.05, 0) is 48.4 Å². The van der Waals surface area contributed by atoms with E-state index in [1.54, 1.807) is 18.2 Å². The standard InChI is InChI=1S/C23H19FN4O5S/c1-25-23(30)18-6-4-16(10-19(18)24)27-9-8-15-12-26-28(20(15)13-27)34(31,32)17-5-2-14-3-7-22(29)33-21(14)11-17/h2-7,10-12H,8-9,13H2,1H3,(H,25,30). The van der Waals surface area contributed by atoms with Gasteiger partial charge >= 0.3 is 5.63 Å². The maximum absolute atomic E-state index is 14.5. The third-order valence-electron chi connectivity index (χ3n) is 5.82. The fourth-order valence-corrected chi connectivity index (χ4v) is 5.36. The number of nitrogens with zero attached hydrogens (tertiary/aromatic N) is 3. The Kier molecular flexibility index (Phi) is 5.20. The Morgan fingerprint density at radius 1 is 1.15 bits per heavy atom. The maximum atomic E-state index is 14.5. The lowest BCUT2D eigenvalue weighted by atomic mass is 10.1. The van der Waals surface area contributed by atoms with Crippen LogP contribution in [-0.4, -0.2) is 37.1 Å².